The number of nitrogens with one attached hydrogen (secondary N) is 1. The summed E-state index contributed by atoms with van der Waals surface area (Å²) in [5.74, 6) is 0. The average molecular weight is 227 g/mol. The van der Waals surface area contributed by atoms with Crippen LogP contribution in [0.3, 0.4) is 0 Å². The first kappa shape index (κ1) is 9.13. The van der Waals surface area contributed by atoms with Gasteiger partial charge in [-0.05, 0) is 30.7 Å². The Hall–Kier alpha value is -0.960. The Morgan fingerprint density at radius 1 is 1.50 bits per heavy atom. The first-order valence-corrected chi connectivity index (χ1v) is 4.43. The van der Waals surface area contributed by atoms with Crippen molar-refractivity contribution in [2.75, 3.05) is 5.32 Å². The van der Waals surface area contributed by atoms with Gasteiger partial charge in [-0.15, -0.1) is 0 Å². The molecule has 0 unspecified atom stereocenters. The van der Waals surface area contributed by atoms with Gasteiger partial charge in [0.15, 0.2) is 0 Å². The van der Waals surface area contributed by atoms with E-state index in [4.69, 9.17) is 5.73 Å². The van der Waals surface area contributed by atoms with Crippen LogP contribution in [0.15, 0.2) is 35.1 Å². The summed E-state index contributed by atoms with van der Waals surface area (Å²) >= 11 is 3.39. The van der Waals surface area contributed by atoms with Crippen LogP contribution < -0.4 is 11.1 Å². The molecule has 0 aromatic heterocycles. The maximum absolute atomic E-state index is 5.20. The van der Waals surface area contributed by atoms with Gasteiger partial charge in [0.2, 0.25) is 0 Å². The van der Waals surface area contributed by atoms with Crippen molar-refractivity contribution in [3.63, 3.8) is 0 Å². The number of benzene rings is 1. The minimum absolute atomic E-state index is 1.07. The van der Waals surface area contributed by atoms with Crippen LogP contribution in [-0.2, 0) is 0 Å². The lowest BCUT2D eigenvalue weighted by molar-refractivity contribution is 1.41. The number of rotatable bonds is 2. The van der Waals surface area contributed by atoms with Gasteiger partial charge in [-0.25, -0.2) is 0 Å². The molecular formula is C9H11BrN2. The van der Waals surface area contributed by atoms with Crippen molar-refractivity contribution in [2.45, 2.75) is 6.92 Å². The molecule has 0 radical (unpaired) electrons. The molecule has 0 atom stereocenters. The minimum Gasteiger partial charge on any atom is -0.403 e. The molecule has 3 heteroatoms. The van der Waals surface area contributed by atoms with Crippen LogP contribution in [0.4, 0.5) is 5.69 Å². The van der Waals surface area contributed by atoms with Crippen molar-refractivity contribution in [3.05, 3.63) is 40.6 Å². The highest BCUT2D eigenvalue weighted by atomic mass is 79.9. The van der Waals surface area contributed by atoms with Crippen molar-refractivity contribution in [1.29, 1.82) is 0 Å². The molecule has 2 nitrogen and oxygen atoms in total. The van der Waals surface area contributed by atoms with E-state index in [-0.39, 0.29) is 0 Å². The molecule has 3 N–H and O–H groups in total. The largest absolute Gasteiger partial charge is 0.403 e. The van der Waals surface area contributed by atoms with E-state index in [1.165, 1.54) is 11.8 Å². The van der Waals surface area contributed by atoms with Crippen LogP contribution in [0.25, 0.3) is 0 Å². The Morgan fingerprint density at radius 2 is 2.25 bits per heavy atom. The SMILES string of the molecule is Cc1cc(Br)ccc1N/C=C/N. The third kappa shape index (κ3) is 2.27. The van der Waals surface area contributed by atoms with E-state index in [9.17, 15) is 0 Å². The van der Waals surface area contributed by atoms with E-state index in [2.05, 4.69) is 21.2 Å². The zero-order chi connectivity index (χ0) is 8.97. The summed E-state index contributed by atoms with van der Waals surface area (Å²) in [6.45, 7) is 2.04. The van der Waals surface area contributed by atoms with Crippen molar-refractivity contribution in [2.24, 2.45) is 5.73 Å². The molecule has 0 aliphatic rings. The van der Waals surface area contributed by atoms with Gasteiger partial charge in [-0.2, -0.15) is 0 Å². The van der Waals surface area contributed by atoms with E-state index in [0.717, 1.165) is 10.2 Å². The second-order valence-corrected chi connectivity index (χ2v) is 3.38. The highest BCUT2D eigenvalue weighted by Gasteiger charge is 1.94. The lowest BCUT2D eigenvalue weighted by atomic mass is 10.2. The fourth-order valence-corrected chi connectivity index (χ4v) is 1.40. The summed E-state index contributed by atoms with van der Waals surface area (Å²) in [6, 6.07) is 6.03. The Bertz CT molecular complexity index is 295. The van der Waals surface area contributed by atoms with E-state index < -0.39 is 0 Å². The molecule has 1 aromatic carbocycles. The smallest absolute Gasteiger partial charge is 0.0410 e. The van der Waals surface area contributed by atoms with E-state index >= 15 is 0 Å². The molecule has 12 heavy (non-hydrogen) atoms. The Labute approximate surface area is 80.6 Å². The standard InChI is InChI=1S/C9H11BrN2/c1-7-6-8(10)2-3-9(7)12-5-4-11/h2-6,12H,11H2,1H3/b5-4+. The fourth-order valence-electron chi connectivity index (χ4n) is 0.927. The van der Waals surface area contributed by atoms with Crippen LogP contribution in [-0.4, -0.2) is 0 Å². The zero-order valence-corrected chi connectivity index (χ0v) is 8.43. The van der Waals surface area contributed by atoms with Gasteiger partial charge >= 0.3 is 0 Å². The zero-order valence-electron chi connectivity index (χ0n) is 6.84. The number of halogens is 1. The molecule has 0 aliphatic carbocycles. The first-order valence-electron chi connectivity index (χ1n) is 3.63. The fraction of sp³-hybridized carbons (Fsp3) is 0.111. The monoisotopic (exact) mass is 226 g/mol. The maximum atomic E-state index is 5.20. The number of anilines is 1. The molecule has 1 rings (SSSR count). The van der Waals surface area contributed by atoms with Gasteiger partial charge in [0.25, 0.3) is 0 Å². The molecule has 0 amide bonds. The molecule has 0 bridgehead atoms. The topological polar surface area (TPSA) is 38.0 Å². The van der Waals surface area contributed by atoms with Crippen LogP contribution in [0, 0.1) is 6.92 Å². The molecule has 0 fully saturated rings. The Morgan fingerprint density at radius 3 is 2.83 bits per heavy atom. The van der Waals surface area contributed by atoms with Crippen molar-refractivity contribution >= 4 is 21.6 Å². The molecule has 0 saturated carbocycles. The predicted molar refractivity (Wildman–Crippen MR) is 55.8 cm³/mol. The molecular weight excluding hydrogens is 216 g/mol. The first-order chi connectivity index (χ1) is 5.74. The second kappa shape index (κ2) is 4.16. The summed E-state index contributed by atoms with van der Waals surface area (Å²) in [5, 5.41) is 3.06. The Kier molecular flexibility index (Phi) is 3.17. The average Bonchev–Trinajstić information content (AvgIpc) is 2.03. The minimum atomic E-state index is 1.07. The highest BCUT2D eigenvalue weighted by Crippen LogP contribution is 2.19. The normalized spacial score (nSPS) is 10.5. The number of nitrogens with two attached hydrogens (primary N) is 1. The molecule has 0 heterocycles. The van der Waals surface area contributed by atoms with Crippen LogP contribution in [0.1, 0.15) is 5.56 Å². The predicted octanol–water partition coefficient (Wildman–Crippen LogP) is 2.60. The van der Waals surface area contributed by atoms with Crippen LogP contribution >= 0.6 is 15.9 Å². The van der Waals surface area contributed by atoms with Gasteiger partial charge in [-0.1, -0.05) is 15.9 Å². The Balaban J connectivity index is 2.86. The molecule has 0 aliphatic heterocycles. The van der Waals surface area contributed by atoms with Crippen molar-refractivity contribution in [3.8, 4) is 0 Å². The van der Waals surface area contributed by atoms with Gasteiger partial charge < -0.3 is 11.1 Å². The second-order valence-electron chi connectivity index (χ2n) is 2.46. The molecule has 0 saturated heterocycles. The van der Waals surface area contributed by atoms with Crippen LogP contribution in [0.5, 0.6) is 0 Å². The molecule has 1 aromatic rings. The summed E-state index contributed by atoms with van der Waals surface area (Å²) in [5.41, 5.74) is 7.46. The summed E-state index contributed by atoms with van der Waals surface area (Å²) in [7, 11) is 0. The number of aryl methyl sites for hydroxylation is 1. The molecule has 0 spiro atoms. The van der Waals surface area contributed by atoms with Gasteiger partial charge in [-0.3, -0.25) is 0 Å². The summed E-state index contributed by atoms with van der Waals surface area (Å²) in [4.78, 5) is 0. The van der Waals surface area contributed by atoms with Gasteiger partial charge in [0.1, 0.15) is 0 Å². The van der Waals surface area contributed by atoms with Gasteiger partial charge in [0.05, 0.1) is 0 Å². The van der Waals surface area contributed by atoms with E-state index in [1.54, 1.807) is 6.20 Å². The summed E-state index contributed by atoms with van der Waals surface area (Å²) < 4.78 is 1.09. The lowest BCUT2D eigenvalue weighted by Crippen LogP contribution is -1.92. The highest BCUT2D eigenvalue weighted by molar-refractivity contribution is 9.10. The van der Waals surface area contributed by atoms with Crippen molar-refractivity contribution < 1.29 is 0 Å². The van der Waals surface area contributed by atoms with Crippen LogP contribution in [0.2, 0.25) is 0 Å². The lowest BCUT2D eigenvalue weighted by Gasteiger charge is -2.04. The number of hydrogen-bond donors (Lipinski definition) is 2. The third-order valence-corrected chi connectivity index (χ3v) is 2.02. The van der Waals surface area contributed by atoms with Gasteiger partial charge in [0, 0.05) is 22.6 Å². The number of hydrogen-bond acceptors (Lipinski definition) is 2. The quantitative estimate of drug-likeness (QED) is 0.814. The third-order valence-electron chi connectivity index (χ3n) is 1.52. The molecule has 64 valence electrons. The van der Waals surface area contributed by atoms with Crippen molar-refractivity contribution in [1.82, 2.24) is 0 Å². The van der Waals surface area contributed by atoms with E-state index in [0.29, 0.717) is 0 Å². The maximum Gasteiger partial charge on any atom is 0.0410 e. The van der Waals surface area contributed by atoms with E-state index in [1.807, 2.05) is 25.1 Å². The summed E-state index contributed by atoms with van der Waals surface area (Å²) in [6.07, 6.45) is 3.18.